The molecule has 0 spiro atoms. The van der Waals surface area contributed by atoms with Gasteiger partial charge in [0.15, 0.2) is 5.03 Å². The average Bonchev–Trinajstić information content (AvgIpc) is 3.32. The first kappa shape index (κ1) is 22.9. The maximum atomic E-state index is 14.9. The van der Waals surface area contributed by atoms with Crippen molar-refractivity contribution in [1.82, 2.24) is 14.9 Å². The molecule has 1 aromatic heterocycles. The zero-order valence-corrected chi connectivity index (χ0v) is 19.3. The van der Waals surface area contributed by atoms with Gasteiger partial charge in [-0.1, -0.05) is 29.8 Å². The molecule has 1 aliphatic carbocycles. The van der Waals surface area contributed by atoms with Crippen molar-refractivity contribution in [3.63, 3.8) is 0 Å². The molecule has 32 heavy (non-hydrogen) atoms. The van der Waals surface area contributed by atoms with E-state index in [1.807, 2.05) is 31.3 Å². The van der Waals surface area contributed by atoms with Crippen LogP contribution in [0.4, 0.5) is 4.39 Å². The number of nitrogens with one attached hydrogen (secondary N) is 1. The van der Waals surface area contributed by atoms with E-state index in [1.54, 1.807) is 10.6 Å². The lowest BCUT2D eigenvalue weighted by Gasteiger charge is -2.21. The van der Waals surface area contributed by atoms with Crippen LogP contribution in [0.1, 0.15) is 28.2 Å². The number of benzene rings is 2. The number of rotatable bonds is 8. The van der Waals surface area contributed by atoms with E-state index >= 15 is 0 Å². The Kier molecular flexibility index (Phi) is 6.67. The zero-order valence-electron chi connectivity index (χ0n) is 17.8. The second kappa shape index (κ2) is 9.31. The van der Waals surface area contributed by atoms with E-state index in [0.29, 0.717) is 29.5 Å². The summed E-state index contributed by atoms with van der Waals surface area (Å²) in [4.78, 5) is 3.81. The molecule has 2 atom stereocenters. The summed E-state index contributed by atoms with van der Waals surface area (Å²) in [5.74, 6) is 0.397. The number of primary sulfonamides is 1. The maximum Gasteiger partial charge on any atom is 0.257 e. The molecule has 6 nitrogen and oxygen atoms in total. The Hall–Kier alpha value is -2.26. The number of aryl methyl sites for hydroxylation is 2. The van der Waals surface area contributed by atoms with Crippen molar-refractivity contribution in [1.29, 1.82) is 0 Å². The molecular weight excluding hydrogens is 451 g/mol. The Balaban J connectivity index is 1.58. The molecular formula is C23H26ClFN4O2S. The molecule has 9 heteroatoms. The van der Waals surface area contributed by atoms with E-state index in [9.17, 15) is 12.8 Å². The highest BCUT2D eigenvalue weighted by Gasteiger charge is 2.33. The van der Waals surface area contributed by atoms with Gasteiger partial charge in [0.25, 0.3) is 10.0 Å². The molecule has 0 saturated heterocycles. The number of nitrogens with two attached hydrogens (primary N) is 1. The van der Waals surface area contributed by atoms with Crippen molar-refractivity contribution in [3.05, 3.63) is 82.0 Å². The summed E-state index contributed by atoms with van der Waals surface area (Å²) < 4.78 is 39.3. The highest BCUT2D eigenvalue weighted by molar-refractivity contribution is 7.89. The van der Waals surface area contributed by atoms with Crippen LogP contribution in [0.5, 0.6) is 0 Å². The second-order valence-electron chi connectivity index (χ2n) is 8.35. The predicted octanol–water partition coefficient (Wildman–Crippen LogP) is 3.28. The minimum atomic E-state index is -3.85. The van der Waals surface area contributed by atoms with E-state index in [0.717, 1.165) is 30.5 Å². The first-order chi connectivity index (χ1) is 15.2. The molecule has 170 valence electrons. The van der Waals surface area contributed by atoms with Crippen LogP contribution in [0, 0.1) is 11.7 Å². The minimum absolute atomic E-state index is 0.191. The maximum absolute atomic E-state index is 14.9. The van der Waals surface area contributed by atoms with Gasteiger partial charge in [-0.15, -0.1) is 0 Å². The number of aromatic nitrogens is 2. The van der Waals surface area contributed by atoms with Crippen molar-refractivity contribution < 1.29 is 12.8 Å². The van der Waals surface area contributed by atoms with Gasteiger partial charge >= 0.3 is 0 Å². The first-order valence-corrected chi connectivity index (χ1v) is 12.4. The number of nitrogens with zero attached hydrogens (tertiary/aromatic N) is 2. The number of sulfonamides is 1. The lowest BCUT2D eigenvalue weighted by molar-refractivity contribution is 0.436. The SMILES string of the molecule is CNCC1Cc2cc(F)c(CCn3cnc(S(N)(=O)=O)c3)cc2C1Cc1cccc(Cl)c1. The third-order valence-electron chi connectivity index (χ3n) is 6.11. The van der Waals surface area contributed by atoms with Crippen molar-refractivity contribution in [3.8, 4) is 0 Å². The molecule has 3 N–H and O–H groups in total. The summed E-state index contributed by atoms with van der Waals surface area (Å²) >= 11 is 6.19. The van der Waals surface area contributed by atoms with Gasteiger partial charge in [0, 0.05) is 17.8 Å². The van der Waals surface area contributed by atoms with Gasteiger partial charge in [0.2, 0.25) is 0 Å². The Bertz CT molecular complexity index is 1230. The van der Waals surface area contributed by atoms with Crippen LogP contribution >= 0.6 is 11.6 Å². The molecule has 0 aliphatic heterocycles. The molecule has 0 amide bonds. The Labute approximate surface area is 192 Å². The summed E-state index contributed by atoms with van der Waals surface area (Å²) in [6.45, 7) is 1.25. The van der Waals surface area contributed by atoms with E-state index in [-0.39, 0.29) is 16.8 Å². The van der Waals surface area contributed by atoms with E-state index in [2.05, 4.69) is 16.4 Å². The van der Waals surface area contributed by atoms with Crippen molar-refractivity contribution in [2.75, 3.05) is 13.6 Å². The summed E-state index contributed by atoms with van der Waals surface area (Å²) in [5, 5.41) is 8.91. The molecule has 4 rings (SSSR count). The Morgan fingerprint density at radius 1 is 1.31 bits per heavy atom. The fourth-order valence-electron chi connectivity index (χ4n) is 4.60. The van der Waals surface area contributed by atoms with Crippen LogP contribution in [0.2, 0.25) is 5.02 Å². The van der Waals surface area contributed by atoms with Gasteiger partial charge in [-0.2, -0.15) is 0 Å². The van der Waals surface area contributed by atoms with Gasteiger partial charge in [-0.3, -0.25) is 0 Å². The van der Waals surface area contributed by atoms with Gasteiger partial charge in [-0.25, -0.2) is 22.9 Å². The molecule has 1 aliphatic rings. The second-order valence-corrected chi connectivity index (χ2v) is 10.3. The van der Waals surface area contributed by atoms with Gasteiger partial charge in [0.05, 0.1) is 6.33 Å². The summed E-state index contributed by atoms with van der Waals surface area (Å²) in [5.41, 5.74) is 4.00. The normalized spacial score (nSPS) is 18.1. The summed E-state index contributed by atoms with van der Waals surface area (Å²) in [6.07, 6.45) is 4.85. The first-order valence-electron chi connectivity index (χ1n) is 10.5. The largest absolute Gasteiger partial charge is 0.336 e. The van der Waals surface area contributed by atoms with E-state index in [1.165, 1.54) is 18.1 Å². The van der Waals surface area contributed by atoms with Crippen LogP contribution in [-0.2, 0) is 35.8 Å². The third-order valence-corrected chi connectivity index (χ3v) is 7.14. The van der Waals surface area contributed by atoms with Crippen LogP contribution < -0.4 is 10.5 Å². The predicted molar refractivity (Wildman–Crippen MR) is 123 cm³/mol. The lowest BCUT2D eigenvalue weighted by Crippen LogP contribution is -2.23. The molecule has 0 saturated carbocycles. The fraction of sp³-hybridized carbons (Fsp3) is 0.348. The van der Waals surface area contributed by atoms with Gasteiger partial charge in [-0.05, 0) is 85.1 Å². The van der Waals surface area contributed by atoms with E-state index < -0.39 is 10.0 Å². The highest BCUT2D eigenvalue weighted by atomic mass is 35.5. The molecule has 1 heterocycles. The zero-order chi connectivity index (χ0) is 22.9. The third kappa shape index (κ3) is 5.04. The number of imidazole rings is 1. The standard InChI is InChI=1S/C23H26ClFN4O2S/c1-27-12-18-9-17-11-22(25)16(5-6-29-13-23(28-14-29)32(26,30)31)10-21(17)20(18)8-15-3-2-4-19(24)7-15/h2-4,7,10-11,13-14,18,20,27H,5-6,8-9,12H2,1H3,(H2,26,30,31). The van der Waals surface area contributed by atoms with Crippen molar-refractivity contribution >= 4 is 21.6 Å². The topological polar surface area (TPSA) is 90.0 Å². The number of hydrogen-bond donors (Lipinski definition) is 2. The number of fused-ring (bicyclic) bond motifs is 1. The average molecular weight is 477 g/mol. The van der Waals surface area contributed by atoms with Crippen LogP contribution in [0.25, 0.3) is 0 Å². The van der Waals surface area contributed by atoms with Crippen molar-refractivity contribution in [2.24, 2.45) is 11.1 Å². The molecule has 2 aromatic carbocycles. The molecule has 0 fully saturated rings. The lowest BCUT2D eigenvalue weighted by atomic mass is 9.86. The highest BCUT2D eigenvalue weighted by Crippen LogP contribution is 2.41. The van der Waals surface area contributed by atoms with E-state index in [4.69, 9.17) is 16.7 Å². The molecule has 0 bridgehead atoms. The molecule has 3 aromatic rings. The summed E-state index contributed by atoms with van der Waals surface area (Å²) in [6, 6.07) is 11.5. The number of hydrogen-bond acceptors (Lipinski definition) is 4. The minimum Gasteiger partial charge on any atom is -0.336 e. The van der Waals surface area contributed by atoms with Crippen LogP contribution in [0.3, 0.4) is 0 Å². The number of halogens is 2. The monoisotopic (exact) mass is 476 g/mol. The quantitative estimate of drug-likeness (QED) is 0.522. The smallest absolute Gasteiger partial charge is 0.257 e. The molecule has 2 unspecified atom stereocenters. The van der Waals surface area contributed by atoms with Crippen LogP contribution in [-0.4, -0.2) is 31.6 Å². The molecule has 0 radical (unpaired) electrons. The summed E-state index contributed by atoms with van der Waals surface area (Å²) in [7, 11) is -1.92. The van der Waals surface area contributed by atoms with Gasteiger partial charge < -0.3 is 9.88 Å². The Morgan fingerprint density at radius 3 is 2.81 bits per heavy atom. The fourth-order valence-corrected chi connectivity index (χ4v) is 5.29. The van der Waals surface area contributed by atoms with Crippen LogP contribution in [0.15, 0.2) is 53.9 Å². The Morgan fingerprint density at radius 2 is 2.12 bits per heavy atom. The van der Waals surface area contributed by atoms with Gasteiger partial charge in [0.1, 0.15) is 5.82 Å². The van der Waals surface area contributed by atoms with Crippen molar-refractivity contribution in [2.45, 2.75) is 36.8 Å².